The van der Waals surface area contributed by atoms with Crippen LogP contribution in [0.15, 0.2) is 77.9 Å². The highest BCUT2D eigenvalue weighted by atomic mass is 16.1. The fourth-order valence-electron chi connectivity index (χ4n) is 3.82. The molecule has 0 aromatic heterocycles. The van der Waals surface area contributed by atoms with E-state index in [2.05, 4.69) is 61.2 Å². The number of ketones is 1. The van der Waals surface area contributed by atoms with Gasteiger partial charge >= 0.3 is 0 Å². The van der Waals surface area contributed by atoms with Gasteiger partial charge in [0.15, 0.2) is 17.8 Å². The monoisotopic (exact) mass is 412 g/mol. The lowest BCUT2D eigenvalue weighted by molar-refractivity contribution is -0.111. The standard InChI is InChI=1S/C26H28N4O/c1-18-11-14-24(17-19(18)2)29-25(20(3)31)27-30(23-9-7-6-8-10-23)26(29)21-12-15-22(16-13-21)28(4)5/h6-17,26H,1-5H3/t26-/m1/s1. The number of nitrogens with zero attached hydrogens (tertiary/aromatic N) is 4. The topological polar surface area (TPSA) is 39.2 Å². The maximum absolute atomic E-state index is 12.7. The Morgan fingerprint density at radius 1 is 0.871 bits per heavy atom. The van der Waals surface area contributed by atoms with Gasteiger partial charge in [-0.25, -0.2) is 5.01 Å². The third kappa shape index (κ3) is 3.91. The Balaban J connectivity index is 1.89. The zero-order chi connectivity index (χ0) is 22.1. The van der Waals surface area contributed by atoms with E-state index in [1.54, 1.807) is 6.92 Å². The molecule has 0 spiro atoms. The average molecular weight is 413 g/mol. The summed E-state index contributed by atoms with van der Waals surface area (Å²) in [7, 11) is 4.05. The van der Waals surface area contributed by atoms with Crippen molar-refractivity contribution in [3.05, 3.63) is 89.5 Å². The van der Waals surface area contributed by atoms with E-state index in [1.807, 2.05) is 54.3 Å². The molecule has 3 aromatic carbocycles. The second-order valence-corrected chi connectivity index (χ2v) is 8.16. The fraction of sp³-hybridized carbons (Fsp3) is 0.231. The molecule has 0 bridgehead atoms. The Bertz CT molecular complexity index is 1120. The van der Waals surface area contributed by atoms with Crippen molar-refractivity contribution in [1.82, 2.24) is 0 Å². The molecule has 1 atom stereocenters. The van der Waals surface area contributed by atoms with Gasteiger partial charge in [-0.1, -0.05) is 36.4 Å². The lowest BCUT2D eigenvalue weighted by atomic mass is 10.1. The molecule has 1 heterocycles. The van der Waals surface area contributed by atoms with Crippen LogP contribution in [0, 0.1) is 13.8 Å². The summed E-state index contributed by atoms with van der Waals surface area (Å²) in [6.45, 7) is 5.76. The number of carbonyl (C=O) groups excluding carboxylic acids is 1. The highest BCUT2D eigenvalue weighted by Crippen LogP contribution is 2.39. The molecule has 5 nitrogen and oxygen atoms in total. The van der Waals surface area contributed by atoms with Crippen molar-refractivity contribution in [2.45, 2.75) is 26.9 Å². The van der Waals surface area contributed by atoms with Gasteiger partial charge in [0.1, 0.15) is 0 Å². The third-order valence-electron chi connectivity index (χ3n) is 5.72. The molecule has 31 heavy (non-hydrogen) atoms. The van der Waals surface area contributed by atoms with Crippen LogP contribution >= 0.6 is 0 Å². The summed E-state index contributed by atoms with van der Waals surface area (Å²) < 4.78 is 0. The summed E-state index contributed by atoms with van der Waals surface area (Å²) in [6, 6.07) is 24.7. The van der Waals surface area contributed by atoms with Crippen molar-refractivity contribution in [3.63, 3.8) is 0 Å². The van der Waals surface area contributed by atoms with Crippen LogP contribution in [0.1, 0.15) is 29.8 Å². The number of hydrogen-bond acceptors (Lipinski definition) is 5. The molecule has 0 saturated carbocycles. The number of anilines is 3. The lowest BCUT2D eigenvalue weighted by Gasteiger charge is -2.32. The van der Waals surface area contributed by atoms with Crippen molar-refractivity contribution in [2.75, 3.05) is 28.9 Å². The second kappa shape index (κ2) is 8.26. The van der Waals surface area contributed by atoms with Crippen molar-refractivity contribution < 1.29 is 4.79 Å². The van der Waals surface area contributed by atoms with Crippen molar-refractivity contribution >= 4 is 28.7 Å². The Morgan fingerprint density at radius 3 is 2.13 bits per heavy atom. The second-order valence-electron chi connectivity index (χ2n) is 8.16. The number of benzene rings is 3. The van der Waals surface area contributed by atoms with E-state index in [9.17, 15) is 4.79 Å². The summed E-state index contributed by atoms with van der Waals surface area (Å²) in [5, 5.41) is 6.74. The molecule has 0 amide bonds. The number of hydrogen-bond donors (Lipinski definition) is 0. The van der Waals surface area contributed by atoms with Crippen LogP contribution in [-0.2, 0) is 4.79 Å². The number of hydrazone groups is 1. The predicted octanol–water partition coefficient (Wildman–Crippen LogP) is 5.30. The quantitative estimate of drug-likeness (QED) is 0.570. The summed E-state index contributed by atoms with van der Waals surface area (Å²) in [5.41, 5.74) is 6.48. The molecule has 158 valence electrons. The molecule has 0 saturated heterocycles. The Hall–Kier alpha value is -3.60. The molecule has 4 rings (SSSR count). The van der Waals surface area contributed by atoms with Gasteiger partial charge in [-0.05, 0) is 66.9 Å². The maximum atomic E-state index is 12.7. The Kier molecular flexibility index (Phi) is 5.51. The average Bonchev–Trinajstić information content (AvgIpc) is 3.17. The summed E-state index contributed by atoms with van der Waals surface area (Å²) in [4.78, 5) is 16.8. The van der Waals surface area contributed by atoms with Crippen LogP contribution in [0.2, 0.25) is 0 Å². The van der Waals surface area contributed by atoms with Gasteiger partial charge in [0.05, 0.1) is 5.69 Å². The highest BCUT2D eigenvalue weighted by Gasteiger charge is 2.39. The lowest BCUT2D eigenvalue weighted by Crippen LogP contribution is -2.37. The molecule has 0 fully saturated rings. The van der Waals surface area contributed by atoms with E-state index in [0.29, 0.717) is 5.84 Å². The Labute approximate surface area is 184 Å². The zero-order valence-corrected chi connectivity index (χ0v) is 18.7. The number of carbonyl (C=O) groups is 1. The van der Waals surface area contributed by atoms with E-state index < -0.39 is 0 Å². The molecule has 0 unspecified atom stereocenters. The number of Topliss-reactive ketones (excluding diaryl/α,β-unsaturated/α-hetero) is 1. The van der Waals surface area contributed by atoms with Gasteiger partial charge in [-0.2, -0.15) is 0 Å². The minimum atomic E-state index is -0.264. The predicted molar refractivity (Wildman–Crippen MR) is 129 cm³/mol. The minimum Gasteiger partial charge on any atom is -0.378 e. The largest absolute Gasteiger partial charge is 0.378 e. The maximum Gasteiger partial charge on any atom is 0.198 e. The molecular weight excluding hydrogens is 384 g/mol. The summed E-state index contributed by atoms with van der Waals surface area (Å²) >= 11 is 0. The molecule has 0 radical (unpaired) electrons. The van der Waals surface area contributed by atoms with Gasteiger partial charge < -0.3 is 4.90 Å². The van der Waals surface area contributed by atoms with Gasteiger partial charge in [0.2, 0.25) is 0 Å². The first-order valence-electron chi connectivity index (χ1n) is 10.4. The van der Waals surface area contributed by atoms with Crippen LogP contribution in [0.5, 0.6) is 0 Å². The van der Waals surface area contributed by atoms with E-state index in [-0.39, 0.29) is 11.9 Å². The number of rotatable bonds is 5. The van der Waals surface area contributed by atoms with Gasteiger partial charge in [-0.15, -0.1) is 5.10 Å². The molecule has 0 aliphatic carbocycles. The van der Waals surface area contributed by atoms with Crippen molar-refractivity contribution in [3.8, 4) is 0 Å². The van der Waals surface area contributed by atoms with E-state index in [4.69, 9.17) is 5.10 Å². The van der Waals surface area contributed by atoms with Gasteiger partial charge in [0, 0.05) is 32.4 Å². The third-order valence-corrected chi connectivity index (χ3v) is 5.72. The van der Waals surface area contributed by atoms with Crippen LogP contribution in [0.25, 0.3) is 0 Å². The number of amidine groups is 1. The molecule has 3 aromatic rings. The van der Waals surface area contributed by atoms with E-state index in [1.165, 1.54) is 11.1 Å². The van der Waals surface area contributed by atoms with Crippen LogP contribution < -0.4 is 14.8 Å². The van der Waals surface area contributed by atoms with Crippen LogP contribution in [0.4, 0.5) is 17.1 Å². The highest BCUT2D eigenvalue weighted by molar-refractivity contribution is 6.44. The summed E-state index contributed by atoms with van der Waals surface area (Å²) in [5.74, 6) is 0.375. The van der Waals surface area contributed by atoms with Gasteiger partial charge in [-0.3, -0.25) is 9.69 Å². The molecule has 0 N–H and O–H groups in total. The van der Waals surface area contributed by atoms with Crippen molar-refractivity contribution in [1.29, 1.82) is 0 Å². The summed E-state index contributed by atoms with van der Waals surface area (Å²) in [6.07, 6.45) is -0.264. The SMILES string of the molecule is CC(=O)C1=NN(c2ccccc2)[C@H](c2ccc(N(C)C)cc2)N1c1ccc(C)c(C)c1. The van der Waals surface area contributed by atoms with Crippen LogP contribution in [-0.4, -0.2) is 25.7 Å². The first-order chi connectivity index (χ1) is 14.9. The smallest absolute Gasteiger partial charge is 0.198 e. The molecule has 1 aliphatic heterocycles. The zero-order valence-electron chi connectivity index (χ0n) is 18.7. The van der Waals surface area contributed by atoms with E-state index >= 15 is 0 Å². The Morgan fingerprint density at radius 2 is 1.55 bits per heavy atom. The normalized spacial score (nSPS) is 15.8. The van der Waals surface area contributed by atoms with Crippen LogP contribution in [0.3, 0.4) is 0 Å². The fourth-order valence-corrected chi connectivity index (χ4v) is 3.82. The first-order valence-corrected chi connectivity index (χ1v) is 10.4. The van der Waals surface area contributed by atoms with Gasteiger partial charge in [0.25, 0.3) is 0 Å². The minimum absolute atomic E-state index is 0.0634. The van der Waals surface area contributed by atoms with Crippen molar-refractivity contribution in [2.24, 2.45) is 5.10 Å². The molecule has 1 aliphatic rings. The molecular formula is C26H28N4O. The number of para-hydroxylation sites is 1. The number of aryl methyl sites for hydroxylation is 2. The molecule has 5 heteroatoms. The van der Waals surface area contributed by atoms with E-state index in [0.717, 1.165) is 22.6 Å². The first kappa shape index (κ1) is 20.7.